The van der Waals surface area contributed by atoms with Gasteiger partial charge in [0.05, 0.1) is 10.5 Å². The lowest BCUT2D eigenvalue weighted by atomic mass is 10.1. The Labute approximate surface area is 138 Å². The molecule has 0 saturated carbocycles. The number of benzene rings is 1. The van der Waals surface area contributed by atoms with Gasteiger partial charge in [-0.05, 0) is 25.1 Å². The molecule has 24 heavy (non-hydrogen) atoms. The van der Waals surface area contributed by atoms with Crippen LogP contribution in [0.5, 0.6) is 0 Å². The van der Waals surface area contributed by atoms with Crippen LogP contribution in [0.15, 0.2) is 42.7 Å². The van der Waals surface area contributed by atoms with Crippen LogP contribution in [-0.4, -0.2) is 34.7 Å². The molecule has 0 aliphatic rings. The van der Waals surface area contributed by atoms with Crippen LogP contribution < -0.4 is 10.6 Å². The van der Waals surface area contributed by atoms with Crippen LogP contribution >= 0.6 is 0 Å². The number of ketones is 1. The van der Waals surface area contributed by atoms with Crippen molar-refractivity contribution in [2.75, 3.05) is 18.4 Å². The van der Waals surface area contributed by atoms with Gasteiger partial charge in [0.1, 0.15) is 0 Å². The van der Waals surface area contributed by atoms with E-state index in [0.717, 1.165) is 0 Å². The van der Waals surface area contributed by atoms with Crippen molar-refractivity contribution in [1.29, 1.82) is 0 Å². The van der Waals surface area contributed by atoms with Crippen LogP contribution in [0.2, 0.25) is 0 Å². The number of Topliss-reactive ketones (excluding diaryl/α,β-unsaturated/α-hetero) is 1. The van der Waals surface area contributed by atoms with Crippen molar-refractivity contribution >= 4 is 23.1 Å². The topological polar surface area (TPSA) is 114 Å². The summed E-state index contributed by atoms with van der Waals surface area (Å²) in [6.07, 6.45) is 3.04. The summed E-state index contributed by atoms with van der Waals surface area (Å²) in [6.45, 7) is 2.03. The predicted octanol–water partition coefficient (Wildman–Crippen LogP) is 2.03. The lowest BCUT2D eigenvalue weighted by Crippen LogP contribution is -2.29. The number of anilines is 1. The van der Waals surface area contributed by atoms with Gasteiger partial charge in [0, 0.05) is 48.9 Å². The molecule has 0 bridgehead atoms. The molecule has 0 aliphatic heterocycles. The summed E-state index contributed by atoms with van der Waals surface area (Å²) in [6, 6.07) is 7.36. The first-order chi connectivity index (χ1) is 11.5. The Morgan fingerprint density at radius 2 is 2.04 bits per heavy atom. The van der Waals surface area contributed by atoms with E-state index in [1.807, 2.05) is 0 Å². The van der Waals surface area contributed by atoms with Gasteiger partial charge >= 0.3 is 0 Å². The maximum absolute atomic E-state index is 11.8. The minimum atomic E-state index is -0.551. The molecule has 8 heteroatoms. The minimum absolute atomic E-state index is 0.143. The number of amides is 1. The molecule has 0 unspecified atom stereocenters. The van der Waals surface area contributed by atoms with Crippen molar-refractivity contribution in [3.05, 3.63) is 64.0 Å². The van der Waals surface area contributed by atoms with Gasteiger partial charge < -0.3 is 10.6 Å². The molecule has 0 aliphatic carbocycles. The van der Waals surface area contributed by atoms with Gasteiger partial charge in [0.15, 0.2) is 5.78 Å². The first-order valence-electron chi connectivity index (χ1n) is 7.20. The summed E-state index contributed by atoms with van der Waals surface area (Å²) in [7, 11) is 0. The number of nitro benzene ring substituents is 1. The molecule has 1 amide bonds. The Hall–Kier alpha value is -3.29. The van der Waals surface area contributed by atoms with Crippen molar-refractivity contribution in [3.8, 4) is 0 Å². The number of hydrogen-bond donors (Lipinski definition) is 2. The highest BCUT2D eigenvalue weighted by atomic mass is 16.6. The highest BCUT2D eigenvalue weighted by Crippen LogP contribution is 2.22. The van der Waals surface area contributed by atoms with Gasteiger partial charge in [0.2, 0.25) is 0 Å². The standard InChI is InChI=1S/C16H16N4O4/c1-11(21)14-9-13(20(23)24)4-5-15(14)18-7-8-19-16(22)12-3-2-6-17-10-12/h2-6,9-10,18H,7-8H2,1H3,(H,19,22). The van der Waals surface area contributed by atoms with Crippen LogP contribution in [0.3, 0.4) is 0 Å². The van der Waals surface area contributed by atoms with E-state index in [9.17, 15) is 19.7 Å². The zero-order chi connectivity index (χ0) is 17.5. The first kappa shape index (κ1) is 17.1. The number of carbonyl (C=O) groups excluding carboxylic acids is 2. The van der Waals surface area contributed by atoms with E-state index in [-0.39, 0.29) is 22.9 Å². The van der Waals surface area contributed by atoms with E-state index in [1.165, 1.54) is 31.3 Å². The fraction of sp³-hybridized carbons (Fsp3) is 0.188. The molecule has 1 heterocycles. The average Bonchev–Trinajstić information content (AvgIpc) is 2.59. The molecule has 2 aromatic rings. The van der Waals surface area contributed by atoms with E-state index in [4.69, 9.17) is 0 Å². The molecule has 0 atom stereocenters. The van der Waals surface area contributed by atoms with Gasteiger partial charge in [-0.2, -0.15) is 0 Å². The Morgan fingerprint density at radius 3 is 2.67 bits per heavy atom. The van der Waals surface area contributed by atoms with Crippen LogP contribution in [0.4, 0.5) is 11.4 Å². The molecule has 2 rings (SSSR count). The third-order valence-corrected chi connectivity index (χ3v) is 3.24. The molecular formula is C16H16N4O4. The van der Waals surface area contributed by atoms with Crippen LogP contribution in [0.25, 0.3) is 0 Å². The number of rotatable bonds is 7. The summed E-state index contributed by atoms with van der Waals surface area (Å²) in [4.78, 5) is 37.6. The number of nitrogens with one attached hydrogen (secondary N) is 2. The predicted molar refractivity (Wildman–Crippen MR) is 88.2 cm³/mol. The quantitative estimate of drug-likeness (QED) is 0.348. The summed E-state index contributed by atoms with van der Waals surface area (Å²) < 4.78 is 0. The maximum Gasteiger partial charge on any atom is 0.270 e. The van der Waals surface area contributed by atoms with E-state index < -0.39 is 4.92 Å². The Bertz CT molecular complexity index is 762. The zero-order valence-corrected chi connectivity index (χ0v) is 13.0. The lowest BCUT2D eigenvalue weighted by Gasteiger charge is -2.11. The fourth-order valence-corrected chi connectivity index (χ4v) is 2.06. The second-order valence-electron chi connectivity index (χ2n) is 4.97. The molecular weight excluding hydrogens is 312 g/mol. The van der Waals surface area contributed by atoms with E-state index >= 15 is 0 Å². The van der Waals surface area contributed by atoms with Crippen molar-refractivity contribution in [3.63, 3.8) is 0 Å². The third-order valence-electron chi connectivity index (χ3n) is 3.24. The van der Waals surface area contributed by atoms with Crippen LogP contribution in [0, 0.1) is 10.1 Å². The number of nitro groups is 1. The van der Waals surface area contributed by atoms with Gasteiger partial charge in [-0.1, -0.05) is 0 Å². The van der Waals surface area contributed by atoms with Crippen molar-refractivity contribution in [2.45, 2.75) is 6.92 Å². The zero-order valence-electron chi connectivity index (χ0n) is 13.0. The molecule has 0 radical (unpaired) electrons. The number of pyridine rings is 1. The summed E-state index contributed by atoms with van der Waals surface area (Å²) in [5.74, 6) is -0.527. The van der Waals surface area contributed by atoms with E-state index in [2.05, 4.69) is 15.6 Å². The third kappa shape index (κ3) is 4.35. The Kier molecular flexibility index (Phi) is 5.56. The highest BCUT2D eigenvalue weighted by molar-refractivity contribution is 6.00. The van der Waals surface area contributed by atoms with Crippen LogP contribution in [-0.2, 0) is 0 Å². The average molecular weight is 328 g/mol. The molecule has 0 spiro atoms. The van der Waals surface area contributed by atoms with Gasteiger partial charge in [-0.3, -0.25) is 24.7 Å². The lowest BCUT2D eigenvalue weighted by molar-refractivity contribution is -0.384. The monoisotopic (exact) mass is 328 g/mol. The molecule has 1 aromatic carbocycles. The normalized spacial score (nSPS) is 10.0. The van der Waals surface area contributed by atoms with Gasteiger partial charge in [-0.15, -0.1) is 0 Å². The summed E-state index contributed by atoms with van der Waals surface area (Å²) in [5.41, 5.74) is 1.04. The smallest absolute Gasteiger partial charge is 0.270 e. The Balaban J connectivity index is 1.93. The number of hydrogen-bond acceptors (Lipinski definition) is 6. The SMILES string of the molecule is CC(=O)c1cc([N+](=O)[O-])ccc1NCCNC(=O)c1cccnc1. The van der Waals surface area contributed by atoms with Crippen LogP contribution in [0.1, 0.15) is 27.6 Å². The molecule has 124 valence electrons. The minimum Gasteiger partial charge on any atom is -0.383 e. The second-order valence-corrected chi connectivity index (χ2v) is 4.97. The molecule has 1 aromatic heterocycles. The largest absolute Gasteiger partial charge is 0.383 e. The second kappa shape index (κ2) is 7.82. The van der Waals surface area contributed by atoms with Crippen molar-refractivity contribution < 1.29 is 14.5 Å². The van der Waals surface area contributed by atoms with Crippen molar-refractivity contribution in [2.24, 2.45) is 0 Å². The fourth-order valence-electron chi connectivity index (χ4n) is 2.06. The number of non-ortho nitro benzene ring substituents is 1. The molecule has 8 nitrogen and oxygen atoms in total. The first-order valence-corrected chi connectivity index (χ1v) is 7.20. The molecule has 0 fully saturated rings. The molecule has 0 saturated heterocycles. The van der Waals surface area contributed by atoms with E-state index in [1.54, 1.807) is 18.3 Å². The Morgan fingerprint density at radius 1 is 1.25 bits per heavy atom. The molecule has 2 N–H and O–H groups in total. The van der Waals surface area contributed by atoms with E-state index in [0.29, 0.717) is 24.3 Å². The van der Waals surface area contributed by atoms with Gasteiger partial charge in [0.25, 0.3) is 11.6 Å². The maximum atomic E-state index is 11.8. The number of aromatic nitrogens is 1. The van der Waals surface area contributed by atoms with Gasteiger partial charge in [-0.25, -0.2) is 0 Å². The summed E-state index contributed by atoms with van der Waals surface area (Å²) in [5, 5.41) is 16.5. The van der Waals surface area contributed by atoms with Crippen molar-refractivity contribution in [1.82, 2.24) is 10.3 Å². The highest BCUT2D eigenvalue weighted by Gasteiger charge is 2.13. The summed E-state index contributed by atoms with van der Waals surface area (Å²) >= 11 is 0. The number of nitrogens with zero attached hydrogens (tertiary/aromatic N) is 2. The number of carbonyl (C=O) groups is 2.